The second kappa shape index (κ2) is 5.16. The average Bonchev–Trinajstić information content (AvgIpc) is 2.62. The Morgan fingerprint density at radius 1 is 1.38 bits per heavy atom. The highest BCUT2D eigenvalue weighted by Crippen LogP contribution is 2.19. The predicted molar refractivity (Wildman–Crippen MR) is 57.1 cm³/mol. The van der Waals surface area contributed by atoms with Crippen molar-refractivity contribution < 1.29 is 19.8 Å². The Morgan fingerprint density at radius 2 is 1.94 bits per heavy atom. The van der Waals surface area contributed by atoms with Crippen molar-refractivity contribution in [2.75, 3.05) is 19.6 Å². The minimum Gasteiger partial charge on any atom is -0.480 e. The number of carbonyl (C=O) groups is 2. The van der Waals surface area contributed by atoms with E-state index in [0.29, 0.717) is 13.1 Å². The Kier molecular flexibility index (Phi) is 4.12. The number of hydrogen-bond acceptors (Lipinski definition) is 3. The summed E-state index contributed by atoms with van der Waals surface area (Å²) in [4.78, 5) is 25.7. The fraction of sp³-hybridized carbons (Fsp3) is 0.800. The molecule has 1 fully saturated rings. The molecule has 0 aromatic heterocycles. The Hall–Kier alpha value is -1.30. The van der Waals surface area contributed by atoms with Crippen LogP contribution in [-0.4, -0.2) is 63.8 Å². The van der Waals surface area contributed by atoms with Gasteiger partial charge in [-0.1, -0.05) is 0 Å². The molecule has 1 saturated heterocycles. The van der Waals surface area contributed by atoms with E-state index < -0.39 is 18.1 Å². The van der Waals surface area contributed by atoms with Crippen LogP contribution in [0.5, 0.6) is 0 Å². The number of likely N-dealkylation sites (tertiary alicyclic amines) is 1. The van der Waals surface area contributed by atoms with Gasteiger partial charge in [0.25, 0.3) is 0 Å². The largest absolute Gasteiger partial charge is 0.480 e. The summed E-state index contributed by atoms with van der Waals surface area (Å²) in [6.45, 7) is 4.85. The maximum atomic E-state index is 11.9. The lowest BCUT2D eigenvalue weighted by molar-refractivity contribution is -0.141. The number of carboxylic acid groups (broad SMARTS) is 1. The molecule has 2 unspecified atom stereocenters. The van der Waals surface area contributed by atoms with E-state index in [1.54, 1.807) is 4.90 Å². The quantitative estimate of drug-likeness (QED) is 0.713. The van der Waals surface area contributed by atoms with E-state index in [0.717, 1.165) is 0 Å². The topological polar surface area (TPSA) is 81.1 Å². The van der Waals surface area contributed by atoms with Crippen LogP contribution >= 0.6 is 0 Å². The summed E-state index contributed by atoms with van der Waals surface area (Å²) in [5.74, 6) is -1.06. The first-order chi connectivity index (χ1) is 7.51. The molecule has 0 aromatic carbocycles. The smallest absolute Gasteiger partial charge is 0.326 e. The molecule has 1 aliphatic rings. The summed E-state index contributed by atoms with van der Waals surface area (Å²) in [6.07, 6.45) is -0.622. The number of β-amino-alcohol motifs (C(OH)–C–C–N with tert-alkyl or cyclic N) is 1. The molecule has 2 N–H and O–H groups in total. The van der Waals surface area contributed by atoms with E-state index in [9.17, 15) is 14.7 Å². The molecule has 1 rings (SSSR count). The molecule has 0 spiro atoms. The first-order valence-corrected chi connectivity index (χ1v) is 5.47. The summed E-state index contributed by atoms with van der Waals surface area (Å²) in [5, 5.41) is 18.4. The van der Waals surface area contributed by atoms with Crippen molar-refractivity contribution >= 4 is 12.0 Å². The third-order valence-corrected chi connectivity index (χ3v) is 2.84. The van der Waals surface area contributed by atoms with Crippen LogP contribution in [0, 0.1) is 0 Å². The lowest BCUT2D eigenvalue weighted by Gasteiger charge is -2.28. The van der Waals surface area contributed by atoms with Crippen LogP contribution in [-0.2, 0) is 4.79 Å². The average molecular weight is 230 g/mol. The summed E-state index contributed by atoms with van der Waals surface area (Å²) in [5.41, 5.74) is 0. The first kappa shape index (κ1) is 12.8. The number of aliphatic hydroxyl groups is 1. The van der Waals surface area contributed by atoms with Crippen LogP contribution < -0.4 is 0 Å². The minimum absolute atomic E-state index is 0.103. The molecule has 2 amide bonds. The fourth-order valence-corrected chi connectivity index (χ4v) is 1.94. The summed E-state index contributed by atoms with van der Waals surface area (Å²) in [6, 6.07) is -1.21. The maximum absolute atomic E-state index is 11.9. The molecule has 92 valence electrons. The van der Waals surface area contributed by atoms with Crippen molar-refractivity contribution in [3.05, 3.63) is 0 Å². The summed E-state index contributed by atoms with van der Waals surface area (Å²) in [7, 11) is 0. The van der Waals surface area contributed by atoms with E-state index in [2.05, 4.69) is 0 Å². The molecule has 1 heterocycles. The van der Waals surface area contributed by atoms with Gasteiger partial charge >= 0.3 is 12.0 Å². The lowest BCUT2D eigenvalue weighted by Crippen LogP contribution is -2.48. The van der Waals surface area contributed by atoms with Gasteiger partial charge in [-0.2, -0.15) is 0 Å². The number of aliphatic hydroxyl groups excluding tert-OH is 1. The minimum atomic E-state index is -1.06. The number of nitrogens with zero attached hydrogens (tertiary/aromatic N) is 2. The van der Waals surface area contributed by atoms with Gasteiger partial charge in [-0.3, -0.25) is 0 Å². The van der Waals surface area contributed by atoms with Crippen molar-refractivity contribution in [2.45, 2.75) is 32.4 Å². The number of hydrogen-bond donors (Lipinski definition) is 2. The van der Waals surface area contributed by atoms with Gasteiger partial charge in [-0.05, 0) is 13.8 Å². The van der Waals surface area contributed by atoms with E-state index >= 15 is 0 Å². The highest BCUT2D eigenvalue weighted by Gasteiger charge is 2.40. The van der Waals surface area contributed by atoms with Crippen molar-refractivity contribution in [3.63, 3.8) is 0 Å². The normalized spacial score (nSPS) is 24.6. The van der Waals surface area contributed by atoms with Gasteiger partial charge in [-0.15, -0.1) is 0 Å². The summed E-state index contributed by atoms with van der Waals surface area (Å²) < 4.78 is 0. The molecular weight excluding hydrogens is 212 g/mol. The van der Waals surface area contributed by atoms with E-state index in [-0.39, 0.29) is 19.0 Å². The number of carbonyl (C=O) groups excluding carboxylic acids is 1. The van der Waals surface area contributed by atoms with Crippen molar-refractivity contribution in [3.8, 4) is 0 Å². The predicted octanol–water partition coefficient (Wildman–Crippen LogP) is -0.0320. The molecule has 0 aromatic rings. The second-order valence-corrected chi connectivity index (χ2v) is 3.85. The van der Waals surface area contributed by atoms with E-state index in [4.69, 9.17) is 5.11 Å². The zero-order chi connectivity index (χ0) is 12.3. The van der Waals surface area contributed by atoms with Gasteiger partial charge in [0.1, 0.15) is 6.04 Å². The first-order valence-electron chi connectivity index (χ1n) is 5.47. The lowest BCUT2D eigenvalue weighted by atomic mass is 10.2. The van der Waals surface area contributed by atoms with E-state index in [1.807, 2.05) is 13.8 Å². The highest BCUT2D eigenvalue weighted by atomic mass is 16.4. The monoisotopic (exact) mass is 230 g/mol. The fourth-order valence-electron chi connectivity index (χ4n) is 1.94. The molecule has 16 heavy (non-hydrogen) atoms. The van der Waals surface area contributed by atoms with Crippen LogP contribution in [0.1, 0.15) is 20.3 Å². The van der Waals surface area contributed by atoms with Gasteiger partial charge in [0, 0.05) is 26.1 Å². The van der Waals surface area contributed by atoms with Gasteiger partial charge in [0.05, 0.1) is 6.10 Å². The Bertz CT molecular complexity index is 278. The van der Waals surface area contributed by atoms with Crippen LogP contribution in [0.3, 0.4) is 0 Å². The zero-order valence-corrected chi connectivity index (χ0v) is 9.59. The maximum Gasteiger partial charge on any atom is 0.326 e. The third kappa shape index (κ3) is 2.44. The van der Waals surface area contributed by atoms with Gasteiger partial charge in [0.15, 0.2) is 0 Å². The SMILES string of the molecule is CCN(CC)C(=O)N1CC(O)CC1C(=O)O. The van der Waals surface area contributed by atoms with Crippen molar-refractivity contribution in [1.29, 1.82) is 0 Å². The molecule has 1 aliphatic heterocycles. The second-order valence-electron chi connectivity index (χ2n) is 3.85. The zero-order valence-electron chi connectivity index (χ0n) is 9.59. The molecular formula is C10H18N2O4. The van der Waals surface area contributed by atoms with Gasteiger partial charge < -0.3 is 20.0 Å². The molecule has 0 bridgehead atoms. The summed E-state index contributed by atoms with van der Waals surface area (Å²) >= 11 is 0. The van der Waals surface area contributed by atoms with Crippen LogP contribution in [0.4, 0.5) is 4.79 Å². The van der Waals surface area contributed by atoms with Crippen molar-refractivity contribution in [2.24, 2.45) is 0 Å². The molecule has 6 nitrogen and oxygen atoms in total. The standard InChI is InChI=1S/C10H18N2O4/c1-3-11(4-2)10(16)12-6-7(13)5-8(12)9(14)15/h7-8,13H,3-6H2,1-2H3,(H,14,15). The Morgan fingerprint density at radius 3 is 2.38 bits per heavy atom. The molecule has 0 saturated carbocycles. The number of rotatable bonds is 3. The number of carboxylic acids is 1. The van der Waals surface area contributed by atoms with Gasteiger partial charge in [0.2, 0.25) is 0 Å². The van der Waals surface area contributed by atoms with Gasteiger partial charge in [-0.25, -0.2) is 9.59 Å². The number of urea groups is 1. The molecule has 0 aliphatic carbocycles. The highest BCUT2D eigenvalue weighted by molar-refractivity contribution is 5.83. The Labute approximate surface area is 94.4 Å². The van der Waals surface area contributed by atoms with Crippen LogP contribution in [0.15, 0.2) is 0 Å². The number of amides is 2. The van der Waals surface area contributed by atoms with Crippen LogP contribution in [0.25, 0.3) is 0 Å². The Balaban J connectivity index is 2.77. The molecule has 0 radical (unpaired) electrons. The van der Waals surface area contributed by atoms with Crippen molar-refractivity contribution in [1.82, 2.24) is 9.80 Å². The number of aliphatic carboxylic acids is 1. The third-order valence-electron chi connectivity index (χ3n) is 2.84. The van der Waals surface area contributed by atoms with Crippen LogP contribution in [0.2, 0.25) is 0 Å². The van der Waals surface area contributed by atoms with E-state index in [1.165, 1.54) is 4.90 Å². The molecule has 6 heteroatoms. The molecule has 2 atom stereocenters.